The molecule has 4 N–H and O–H groups in total. The number of aliphatic hydroxyl groups excluding tert-OH is 1. The van der Waals surface area contributed by atoms with Gasteiger partial charge in [0.05, 0.1) is 30.4 Å². The highest BCUT2D eigenvalue weighted by Crippen LogP contribution is 2.35. The minimum atomic E-state index is -0.610. The molecule has 11 heteroatoms. The number of likely N-dealkylation sites (N-methyl/N-ethyl adjacent to an activating group) is 1. The number of rotatable bonds is 7. The number of aliphatic hydroxyl groups is 1. The third-order valence-electron chi connectivity index (χ3n) is 6.25. The molecular formula is C27H36FN5O5. The second-order valence-electron chi connectivity index (χ2n) is 9.88. The highest BCUT2D eigenvalue weighted by Gasteiger charge is 2.35. The molecule has 38 heavy (non-hydrogen) atoms. The quantitative estimate of drug-likeness (QED) is 0.435. The van der Waals surface area contributed by atoms with Crippen molar-refractivity contribution >= 4 is 29.3 Å². The SMILES string of the molecule is CC(C)NC(=O)N(C)C[C@@H]1Oc2c(NC(=O)Nc3ccc(F)cc3)cccc2C(=O)N([C@@H](C)CO)C[C@H]1C. The molecule has 0 unspecified atom stereocenters. The number of ether oxygens (including phenoxy) is 1. The van der Waals surface area contributed by atoms with Crippen molar-refractivity contribution in [3.63, 3.8) is 0 Å². The summed E-state index contributed by atoms with van der Waals surface area (Å²) < 4.78 is 19.6. The molecule has 3 rings (SSSR count). The van der Waals surface area contributed by atoms with Crippen molar-refractivity contribution in [1.29, 1.82) is 0 Å². The number of anilines is 2. The number of carbonyl (C=O) groups excluding carboxylic acids is 3. The van der Waals surface area contributed by atoms with Gasteiger partial charge in [-0.2, -0.15) is 0 Å². The van der Waals surface area contributed by atoms with Gasteiger partial charge in [0, 0.05) is 31.2 Å². The number of nitrogens with one attached hydrogen (secondary N) is 3. The average Bonchev–Trinajstić information content (AvgIpc) is 2.86. The van der Waals surface area contributed by atoms with Gasteiger partial charge in [0.1, 0.15) is 11.9 Å². The smallest absolute Gasteiger partial charge is 0.323 e. The lowest BCUT2D eigenvalue weighted by molar-refractivity contribution is 0.0368. The molecule has 0 aromatic heterocycles. The number of para-hydroxylation sites is 1. The van der Waals surface area contributed by atoms with Gasteiger partial charge >= 0.3 is 12.1 Å². The van der Waals surface area contributed by atoms with E-state index in [1.807, 2.05) is 20.8 Å². The first-order valence-corrected chi connectivity index (χ1v) is 12.6. The maximum Gasteiger partial charge on any atom is 0.323 e. The van der Waals surface area contributed by atoms with E-state index in [4.69, 9.17) is 4.74 Å². The van der Waals surface area contributed by atoms with Crippen molar-refractivity contribution in [2.24, 2.45) is 5.92 Å². The van der Waals surface area contributed by atoms with Crippen LogP contribution in [0.2, 0.25) is 0 Å². The minimum Gasteiger partial charge on any atom is -0.485 e. The summed E-state index contributed by atoms with van der Waals surface area (Å²) in [6, 6.07) is 8.75. The Kier molecular flexibility index (Phi) is 9.51. The van der Waals surface area contributed by atoms with Crippen molar-refractivity contribution in [1.82, 2.24) is 15.1 Å². The summed E-state index contributed by atoms with van der Waals surface area (Å²) in [6.45, 7) is 7.68. The first-order valence-electron chi connectivity index (χ1n) is 12.6. The molecule has 2 aromatic carbocycles. The van der Waals surface area contributed by atoms with Gasteiger partial charge in [-0.25, -0.2) is 14.0 Å². The van der Waals surface area contributed by atoms with Crippen LogP contribution >= 0.6 is 0 Å². The zero-order chi connectivity index (χ0) is 28.0. The van der Waals surface area contributed by atoms with Gasteiger partial charge in [-0.15, -0.1) is 0 Å². The maximum atomic E-state index is 13.6. The number of halogens is 1. The Labute approximate surface area is 222 Å². The van der Waals surface area contributed by atoms with E-state index in [2.05, 4.69) is 16.0 Å². The fraction of sp³-hybridized carbons (Fsp3) is 0.444. The van der Waals surface area contributed by atoms with Crippen molar-refractivity contribution in [3.05, 3.63) is 53.8 Å². The van der Waals surface area contributed by atoms with Crippen LogP contribution in [0.25, 0.3) is 0 Å². The molecule has 1 aliphatic heterocycles. The molecule has 0 spiro atoms. The summed E-state index contributed by atoms with van der Waals surface area (Å²) in [5, 5.41) is 18.0. The molecule has 5 amide bonds. The summed E-state index contributed by atoms with van der Waals surface area (Å²) in [4.78, 5) is 42.0. The maximum absolute atomic E-state index is 13.6. The van der Waals surface area contributed by atoms with E-state index in [9.17, 15) is 23.9 Å². The summed E-state index contributed by atoms with van der Waals surface area (Å²) in [5.74, 6) is -0.839. The zero-order valence-corrected chi connectivity index (χ0v) is 22.3. The lowest BCUT2D eigenvalue weighted by atomic mass is 9.99. The fourth-order valence-electron chi connectivity index (χ4n) is 4.09. The molecule has 1 aliphatic rings. The van der Waals surface area contributed by atoms with Gasteiger partial charge in [0.15, 0.2) is 5.75 Å². The number of amides is 5. The lowest BCUT2D eigenvalue weighted by Gasteiger charge is -2.38. The highest BCUT2D eigenvalue weighted by molar-refractivity contribution is 6.04. The number of carbonyl (C=O) groups is 3. The second kappa shape index (κ2) is 12.6. The zero-order valence-electron chi connectivity index (χ0n) is 22.3. The van der Waals surface area contributed by atoms with Gasteiger partial charge in [-0.05, 0) is 57.2 Å². The van der Waals surface area contributed by atoms with Crippen molar-refractivity contribution in [3.8, 4) is 5.75 Å². The van der Waals surface area contributed by atoms with Gasteiger partial charge < -0.3 is 35.6 Å². The largest absolute Gasteiger partial charge is 0.485 e. The molecule has 3 atom stereocenters. The second-order valence-corrected chi connectivity index (χ2v) is 9.88. The molecule has 1 heterocycles. The van der Waals surface area contributed by atoms with Crippen LogP contribution in [0, 0.1) is 11.7 Å². The van der Waals surface area contributed by atoms with Crippen LogP contribution in [0.4, 0.5) is 25.4 Å². The van der Waals surface area contributed by atoms with Crippen molar-refractivity contribution in [2.45, 2.75) is 45.9 Å². The first kappa shape index (κ1) is 28.7. The molecular weight excluding hydrogens is 493 g/mol. The third kappa shape index (κ3) is 7.12. The van der Waals surface area contributed by atoms with Crippen molar-refractivity contribution in [2.75, 3.05) is 37.4 Å². The Balaban J connectivity index is 1.95. The molecule has 2 aromatic rings. The van der Waals surface area contributed by atoms with Gasteiger partial charge in [-0.3, -0.25) is 4.79 Å². The van der Waals surface area contributed by atoms with E-state index in [1.165, 1.54) is 29.2 Å². The molecule has 0 radical (unpaired) electrons. The van der Waals surface area contributed by atoms with Crippen LogP contribution in [-0.2, 0) is 0 Å². The Bertz CT molecular complexity index is 1140. The predicted octanol–water partition coefficient (Wildman–Crippen LogP) is 3.74. The number of nitrogens with zero attached hydrogens (tertiary/aromatic N) is 2. The lowest BCUT2D eigenvalue weighted by Crippen LogP contribution is -2.51. The summed E-state index contributed by atoms with van der Waals surface area (Å²) in [6.07, 6.45) is -0.540. The third-order valence-corrected chi connectivity index (χ3v) is 6.25. The molecule has 0 saturated carbocycles. The number of benzene rings is 2. The monoisotopic (exact) mass is 529 g/mol. The highest BCUT2D eigenvalue weighted by atomic mass is 19.1. The van der Waals surface area contributed by atoms with Gasteiger partial charge in [0.25, 0.3) is 5.91 Å². The van der Waals surface area contributed by atoms with E-state index in [0.29, 0.717) is 12.2 Å². The van der Waals surface area contributed by atoms with Crippen LogP contribution in [0.1, 0.15) is 38.1 Å². The predicted molar refractivity (Wildman–Crippen MR) is 143 cm³/mol. The average molecular weight is 530 g/mol. The van der Waals surface area contributed by atoms with E-state index in [1.54, 1.807) is 37.1 Å². The Morgan fingerprint density at radius 3 is 2.47 bits per heavy atom. The standard InChI is InChI=1S/C27H36FN5O5/c1-16(2)29-27(37)32(5)14-23-17(3)13-33(18(4)15-34)25(35)21-7-6-8-22(24(21)38-23)31-26(36)30-20-11-9-19(28)10-12-20/h6-12,16-18,23,34H,13-15H2,1-5H3,(H,29,37)(H2,30,31,36)/t17-,18+,23+/m1/s1. The first-order chi connectivity index (χ1) is 18.0. The van der Waals surface area contributed by atoms with Crippen LogP contribution in [-0.4, -0.2) is 77.8 Å². The fourth-order valence-corrected chi connectivity index (χ4v) is 4.09. The summed E-state index contributed by atoms with van der Waals surface area (Å²) in [5.41, 5.74) is 0.850. The number of hydrogen-bond acceptors (Lipinski definition) is 5. The molecule has 10 nitrogen and oxygen atoms in total. The van der Waals surface area contributed by atoms with Gasteiger partial charge in [0.2, 0.25) is 0 Å². The van der Waals surface area contributed by atoms with Crippen molar-refractivity contribution < 1.29 is 28.6 Å². The number of fused-ring (bicyclic) bond motifs is 1. The Morgan fingerprint density at radius 2 is 1.84 bits per heavy atom. The topological polar surface area (TPSA) is 123 Å². The molecule has 0 aliphatic carbocycles. The van der Waals surface area contributed by atoms with Gasteiger partial charge in [-0.1, -0.05) is 13.0 Å². The molecule has 206 valence electrons. The number of hydrogen-bond donors (Lipinski definition) is 4. The molecule has 0 bridgehead atoms. The normalized spacial score (nSPS) is 18.0. The minimum absolute atomic E-state index is 0.0460. The van der Waals surface area contributed by atoms with E-state index in [-0.39, 0.29) is 54.1 Å². The molecule has 0 fully saturated rings. The van der Waals surface area contributed by atoms with E-state index >= 15 is 0 Å². The Hall–Kier alpha value is -3.86. The van der Waals surface area contributed by atoms with E-state index in [0.717, 1.165) is 0 Å². The summed E-state index contributed by atoms with van der Waals surface area (Å²) >= 11 is 0. The van der Waals surface area contributed by atoms with Crippen LogP contribution in [0.5, 0.6) is 5.75 Å². The Morgan fingerprint density at radius 1 is 1.16 bits per heavy atom. The van der Waals surface area contributed by atoms with Crippen LogP contribution in [0.3, 0.4) is 0 Å². The van der Waals surface area contributed by atoms with Crippen LogP contribution in [0.15, 0.2) is 42.5 Å². The van der Waals surface area contributed by atoms with Crippen LogP contribution < -0.4 is 20.7 Å². The van der Waals surface area contributed by atoms with E-state index < -0.39 is 24.0 Å². The number of urea groups is 2. The summed E-state index contributed by atoms with van der Waals surface area (Å²) in [7, 11) is 1.66. The molecule has 0 saturated heterocycles.